The molecule has 1 atom stereocenters. The molecule has 1 amide bonds. The van der Waals surface area contributed by atoms with Gasteiger partial charge in [0.05, 0.1) is 0 Å². The number of para-hydroxylation sites is 2. The van der Waals surface area contributed by atoms with Gasteiger partial charge in [0.2, 0.25) is 6.10 Å². The second-order valence-electron chi connectivity index (χ2n) is 5.78. The van der Waals surface area contributed by atoms with Crippen LogP contribution in [0.3, 0.4) is 0 Å². The number of carbonyl (C=O) groups is 1. The van der Waals surface area contributed by atoms with Crippen LogP contribution in [0.25, 0.3) is 0 Å². The Morgan fingerprint density at radius 1 is 1.29 bits per heavy atom. The Morgan fingerprint density at radius 3 is 2.76 bits per heavy atom. The van der Waals surface area contributed by atoms with Crippen molar-refractivity contribution in [3.05, 3.63) is 24.3 Å². The summed E-state index contributed by atoms with van der Waals surface area (Å²) in [6.45, 7) is 3.17. The second kappa shape index (κ2) is 6.35. The summed E-state index contributed by atoms with van der Waals surface area (Å²) in [6.07, 6.45) is 1.72. The van der Waals surface area contributed by atoms with Crippen LogP contribution in [0.4, 0.5) is 0 Å². The number of likely N-dealkylation sites (N-methyl/N-ethyl adjacent to an activating group) is 1. The van der Waals surface area contributed by atoms with E-state index < -0.39 is 6.10 Å². The zero-order chi connectivity index (χ0) is 14.7. The number of piperidine rings is 1. The molecule has 21 heavy (non-hydrogen) atoms. The van der Waals surface area contributed by atoms with Crippen molar-refractivity contribution >= 4 is 5.91 Å². The number of benzene rings is 1. The van der Waals surface area contributed by atoms with Gasteiger partial charge in [-0.2, -0.15) is 0 Å². The highest BCUT2D eigenvalue weighted by Crippen LogP contribution is 2.31. The Labute approximate surface area is 125 Å². The molecule has 1 fully saturated rings. The van der Waals surface area contributed by atoms with Gasteiger partial charge in [-0.25, -0.2) is 0 Å². The molecule has 5 heteroatoms. The maximum Gasteiger partial charge on any atom is 0.267 e. The lowest BCUT2D eigenvalue weighted by Crippen LogP contribution is -2.47. The van der Waals surface area contributed by atoms with Crippen molar-refractivity contribution < 1.29 is 14.3 Å². The first-order valence-corrected chi connectivity index (χ1v) is 7.58. The van der Waals surface area contributed by atoms with Crippen LogP contribution in [-0.4, -0.2) is 50.2 Å². The van der Waals surface area contributed by atoms with Crippen LogP contribution in [0.1, 0.15) is 12.8 Å². The van der Waals surface area contributed by atoms with Gasteiger partial charge in [-0.15, -0.1) is 0 Å². The number of nitrogens with zero attached hydrogens (tertiary/aromatic N) is 1. The summed E-state index contributed by atoms with van der Waals surface area (Å²) in [6, 6.07) is 7.47. The lowest BCUT2D eigenvalue weighted by molar-refractivity contribution is -0.140. The second-order valence-corrected chi connectivity index (χ2v) is 5.78. The lowest BCUT2D eigenvalue weighted by Gasteiger charge is -2.31. The summed E-state index contributed by atoms with van der Waals surface area (Å²) >= 11 is 0. The van der Waals surface area contributed by atoms with E-state index in [0.29, 0.717) is 17.4 Å². The number of ether oxygens (including phenoxy) is 2. The predicted octanol–water partition coefficient (Wildman–Crippen LogP) is 1.28. The van der Waals surface area contributed by atoms with Gasteiger partial charge < -0.3 is 19.7 Å². The molecule has 2 aliphatic rings. The van der Waals surface area contributed by atoms with Gasteiger partial charge in [0.15, 0.2) is 11.5 Å². The molecule has 1 aromatic rings. The van der Waals surface area contributed by atoms with Crippen molar-refractivity contribution in [1.82, 2.24) is 10.2 Å². The first kappa shape index (κ1) is 14.2. The van der Waals surface area contributed by atoms with Crippen molar-refractivity contribution in [2.45, 2.75) is 18.9 Å². The van der Waals surface area contributed by atoms with Gasteiger partial charge in [0, 0.05) is 13.6 Å². The average Bonchev–Trinajstić information content (AvgIpc) is 2.54. The Bertz CT molecular complexity index is 500. The SMILES string of the molecule is CN(CC1CCNCC1)C(=O)[C@H]1COc2ccccc2O1. The zero-order valence-electron chi connectivity index (χ0n) is 12.4. The Balaban J connectivity index is 1.58. The van der Waals surface area contributed by atoms with Crippen LogP contribution < -0.4 is 14.8 Å². The normalized spacial score (nSPS) is 21.9. The van der Waals surface area contributed by atoms with E-state index in [4.69, 9.17) is 9.47 Å². The van der Waals surface area contributed by atoms with E-state index in [1.54, 1.807) is 4.90 Å². The fourth-order valence-corrected chi connectivity index (χ4v) is 2.93. The quantitative estimate of drug-likeness (QED) is 0.911. The number of hydrogen-bond donors (Lipinski definition) is 1. The van der Waals surface area contributed by atoms with Crippen LogP contribution in [0, 0.1) is 5.92 Å². The largest absolute Gasteiger partial charge is 0.485 e. The molecule has 0 bridgehead atoms. The molecule has 0 unspecified atom stereocenters. The minimum Gasteiger partial charge on any atom is -0.485 e. The van der Waals surface area contributed by atoms with Gasteiger partial charge >= 0.3 is 0 Å². The molecule has 114 valence electrons. The summed E-state index contributed by atoms with van der Waals surface area (Å²) in [7, 11) is 1.86. The van der Waals surface area contributed by atoms with Crippen LogP contribution in [0.5, 0.6) is 11.5 Å². The molecule has 5 nitrogen and oxygen atoms in total. The Kier molecular flexibility index (Phi) is 4.29. The van der Waals surface area contributed by atoms with Gasteiger partial charge in [0.25, 0.3) is 5.91 Å². The summed E-state index contributed by atoms with van der Waals surface area (Å²) < 4.78 is 11.4. The van der Waals surface area contributed by atoms with Crippen LogP contribution >= 0.6 is 0 Å². The van der Waals surface area contributed by atoms with Crippen LogP contribution in [0.15, 0.2) is 24.3 Å². The molecule has 0 spiro atoms. The third-order valence-electron chi connectivity index (χ3n) is 4.15. The summed E-state index contributed by atoms with van der Waals surface area (Å²) in [4.78, 5) is 14.3. The summed E-state index contributed by atoms with van der Waals surface area (Å²) in [5.41, 5.74) is 0. The smallest absolute Gasteiger partial charge is 0.267 e. The van der Waals surface area contributed by atoms with Gasteiger partial charge in [0.1, 0.15) is 6.61 Å². The molecular weight excluding hydrogens is 268 g/mol. The van der Waals surface area contributed by atoms with Crippen molar-refractivity contribution in [2.24, 2.45) is 5.92 Å². The van der Waals surface area contributed by atoms with E-state index in [0.717, 1.165) is 32.5 Å². The number of nitrogens with one attached hydrogen (secondary N) is 1. The van der Waals surface area contributed by atoms with E-state index in [9.17, 15) is 4.79 Å². The average molecular weight is 290 g/mol. The molecule has 1 N–H and O–H groups in total. The first-order chi connectivity index (χ1) is 10.2. The van der Waals surface area contributed by atoms with Crippen molar-refractivity contribution in [2.75, 3.05) is 33.3 Å². The maximum absolute atomic E-state index is 12.5. The van der Waals surface area contributed by atoms with E-state index in [-0.39, 0.29) is 12.5 Å². The third-order valence-corrected chi connectivity index (χ3v) is 4.15. The molecule has 0 aromatic heterocycles. The van der Waals surface area contributed by atoms with Crippen LogP contribution in [-0.2, 0) is 4.79 Å². The van der Waals surface area contributed by atoms with Crippen molar-refractivity contribution in [1.29, 1.82) is 0 Å². The van der Waals surface area contributed by atoms with Crippen LogP contribution in [0.2, 0.25) is 0 Å². The zero-order valence-corrected chi connectivity index (χ0v) is 12.4. The molecular formula is C16H22N2O3. The molecule has 0 saturated carbocycles. The number of amides is 1. The third kappa shape index (κ3) is 3.29. The Morgan fingerprint density at radius 2 is 2.00 bits per heavy atom. The monoisotopic (exact) mass is 290 g/mol. The summed E-state index contributed by atoms with van der Waals surface area (Å²) in [5, 5.41) is 3.34. The topological polar surface area (TPSA) is 50.8 Å². The Hall–Kier alpha value is -1.75. The number of fused-ring (bicyclic) bond motifs is 1. The molecule has 2 heterocycles. The number of rotatable bonds is 3. The molecule has 2 aliphatic heterocycles. The highest BCUT2D eigenvalue weighted by Gasteiger charge is 2.30. The van der Waals surface area contributed by atoms with E-state index in [1.807, 2.05) is 31.3 Å². The van der Waals surface area contributed by atoms with E-state index >= 15 is 0 Å². The standard InChI is InChI=1S/C16H22N2O3/c1-18(10-12-6-8-17-9-7-12)16(19)15-11-20-13-4-2-3-5-14(13)21-15/h2-5,12,15,17H,6-11H2,1H3/t15-/m1/s1. The lowest BCUT2D eigenvalue weighted by atomic mass is 9.97. The molecule has 1 saturated heterocycles. The predicted molar refractivity (Wildman–Crippen MR) is 79.6 cm³/mol. The molecule has 0 aliphatic carbocycles. The number of carbonyl (C=O) groups excluding carboxylic acids is 1. The fraction of sp³-hybridized carbons (Fsp3) is 0.562. The van der Waals surface area contributed by atoms with Crippen molar-refractivity contribution in [3.63, 3.8) is 0 Å². The maximum atomic E-state index is 12.5. The van der Waals surface area contributed by atoms with Gasteiger partial charge in [-0.3, -0.25) is 4.79 Å². The molecule has 1 aromatic carbocycles. The fourth-order valence-electron chi connectivity index (χ4n) is 2.93. The minimum atomic E-state index is -0.536. The highest BCUT2D eigenvalue weighted by atomic mass is 16.6. The van der Waals surface area contributed by atoms with Crippen molar-refractivity contribution in [3.8, 4) is 11.5 Å². The highest BCUT2D eigenvalue weighted by molar-refractivity contribution is 5.81. The first-order valence-electron chi connectivity index (χ1n) is 7.58. The van der Waals surface area contributed by atoms with Gasteiger partial charge in [-0.05, 0) is 44.0 Å². The molecule has 3 rings (SSSR count). The van der Waals surface area contributed by atoms with Gasteiger partial charge in [-0.1, -0.05) is 12.1 Å². The molecule has 0 radical (unpaired) electrons. The van der Waals surface area contributed by atoms with E-state index in [2.05, 4.69) is 5.32 Å². The van der Waals surface area contributed by atoms with E-state index in [1.165, 1.54) is 0 Å². The minimum absolute atomic E-state index is 0.00281. The summed E-state index contributed by atoms with van der Waals surface area (Å²) in [5.74, 6) is 1.94. The number of hydrogen-bond acceptors (Lipinski definition) is 4.